The van der Waals surface area contributed by atoms with Gasteiger partial charge in [0.05, 0.1) is 25.8 Å². The number of aliphatic hydroxyl groups excluding tert-OH is 1. The minimum atomic E-state index is -0.869. The molecule has 1 spiro atoms. The largest absolute Gasteiger partial charge is 0.465 e. The lowest BCUT2D eigenvalue weighted by atomic mass is 9.81. The number of piperidine rings is 1. The predicted octanol–water partition coefficient (Wildman–Crippen LogP) is 3.45. The van der Waals surface area contributed by atoms with Gasteiger partial charge < -0.3 is 19.8 Å². The Morgan fingerprint density at radius 2 is 1.97 bits per heavy atom. The molecule has 1 aromatic carbocycles. The van der Waals surface area contributed by atoms with Crippen LogP contribution in [0.4, 0.5) is 9.18 Å². The number of aliphatic hydroxyl groups is 1. The van der Waals surface area contributed by atoms with Crippen LogP contribution in [0.15, 0.2) is 24.3 Å². The molecule has 5 rings (SSSR count). The van der Waals surface area contributed by atoms with Gasteiger partial charge in [0, 0.05) is 6.04 Å². The molecule has 31 heavy (non-hydrogen) atoms. The quantitative estimate of drug-likeness (QED) is 0.769. The molecule has 0 aromatic heterocycles. The number of allylic oxidation sites excluding steroid dienone is 1. The molecule has 0 radical (unpaired) electrons. The standard InChI is InChI=1S/C24H31FN2O4/c25-18-3-6-21(16-1-4-20(28)5-2-16)22(11-18)17-7-9-26(10-8-17)19-12-24(31-13-19)14-27(15-24)23(29)30/h1,3,6,11,17,19-20,28H,2,4-5,7-10,12-15H2,(H,29,30)/t19-,20?/m0/s1. The van der Waals surface area contributed by atoms with Crippen LogP contribution in [-0.2, 0) is 4.74 Å². The molecule has 2 atom stereocenters. The van der Waals surface area contributed by atoms with Crippen LogP contribution < -0.4 is 0 Å². The van der Waals surface area contributed by atoms with Crippen LogP contribution in [0, 0.1) is 5.82 Å². The zero-order valence-electron chi connectivity index (χ0n) is 17.8. The topological polar surface area (TPSA) is 73.2 Å². The first-order valence-corrected chi connectivity index (χ1v) is 11.5. The van der Waals surface area contributed by atoms with Gasteiger partial charge in [0.25, 0.3) is 0 Å². The summed E-state index contributed by atoms with van der Waals surface area (Å²) in [4.78, 5) is 15.0. The molecular formula is C24H31FN2O4. The lowest BCUT2D eigenvalue weighted by molar-refractivity contribution is -0.0982. The van der Waals surface area contributed by atoms with E-state index >= 15 is 0 Å². The predicted molar refractivity (Wildman–Crippen MR) is 114 cm³/mol. The molecule has 1 aliphatic carbocycles. The van der Waals surface area contributed by atoms with Crippen molar-refractivity contribution in [3.8, 4) is 0 Å². The smallest absolute Gasteiger partial charge is 0.407 e. The highest BCUT2D eigenvalue weighted by molar-refractivity contribution is 5.69. The highest BCUT2D eigenvalue weighted by Gasteiger charge is 2.52. The van der Waals surface area contributed by atoms with Crippen LogP contribution >= 0.6 is 0 Å². The van der Waals surface area contributed by atoms with E-state index in [9.17, 15) is 14.3 Å². The monoisotopic (exact) mass is 430 g/mol. The molecule has 6 nitrogen and oxygen atoms in total. The van der Waals surface area contributed by atoms with E-state index in [1.165, 1.54) is 10.5 Å². The van der Waals surface area contributed by atoms with Crippen molar-refractivity contribution in [1.29, 1.82) is 0 Å². The number of benzene rings is 1. The van der Waals surface area contributed by atoms with Crippen molar-refractivity contribution in [3.05, 3.63) is 41.2 Å². The zero-order chi connectivity index (χ0) is 21.6. The van der Waals surface area contributed by atoms with Crippen molar-refractivity contribution in [1.82, 2.24) is 9.80 Å². The summed E-state index contributed by atoms with van der Waals surface area (Å²) in [5.74, 6) is 0.147. The molecule has 2 N–H and O–H groups in total. The summed E-state index contributed by atoms with van der Waals surface area (Å²) < 4.78 is 20.2. The minimum Gasteiger partial charge on any atom is -0.465 e. The van der Waals surface area contributed by atoms with Gasteiger partial charge in [-0.15, -0.1) is 0 Å². The van der Waals surface area contributed by atoms with Crippen molar-refractivity contribution >= 4 is 11.7 Å². The summed E-state index contributed by atoms with van der Waals surface area (Å²) >= 11 is 0. The second-order valence-corrected chi connectivity index (χ2v) is 9.69. The van der Waals surface area contributed by atoms with Crippen LogP contribution in [-0.4, -0.2) is 76.6 Å². The Bertz CT molecular complexity index is 874. The highest BCUT2D eigenvalue weighted by atomic mass is 19.1. The first-order chi connectivity index (χ1) is 14.9. The maximum absolute atomic E-state index is 14.1. The van der Waals surface area contributed by atoms with Crippen LogP contribution in [0.3, 0.4) is 0 Å². The number of rotatable bonds is 3. The molecular weight excluding hydrogens is 399 g/mol. The van der Waals surface area contributed by atoms with Gasteiger partial charge in [-0.1, -0.05) is 12.1 Å². The SMILES string of the molecule is O=C(O)N1CC2(C[C@H](N3CCC(c4cc(F)ccc4C4=CCC(O)CC4)CC3)CO2)C1. The number of ether oxygens (including phenoxy) is 1. The molecule has 1 unspecified atom stereocenters. The molecule has 0 saturated carbocycles. The van der Waals surface area contributed by atoms with Crippen molar-refractivity contribution in [3.63, 3.8) is 0 Å². The van der Waals surface area contributed by atoms with Gasteiger partial charge in [-0.05, 0) is 86.4 Å². The van der Waals surface area contributed by atoms with Crippen molar-refractivity contribution < 1.29 is 24.1 Å². The van der Waals surface area contributed by atoms with E-state index in [4.69, 9.17) is 9.84 Å². The third kappa shape index (κ3) is 4.11. The number of nitrogens with zero attached hydrogens (tertiary/aromatic N) is 2. The van der Waals surface area contributed by atoms with Crippen LogP contribution in [0.2, 0.25) is 0 Å². The van der Waals surface area contributed by atoms with E-state index in [2.05, 4.69) is 11.0 Å². The Kier molecular flexibility index (Phi) is 5.52. The Labute approximate surface area is 182 Å². The molecule has 4 aliphatic rings. The average molecular weight is 431 g/mol. The molecule has 1 amide bonds. The molecule has 3 heterocycles. The number of hydrogen-bond acceptors (Lipinski definition) is 4. The zero-order valence-corrected chi connectivity index (χ0v) is 17.8. The van der Waals surface area contributed by atoms with Gasteiger partial charge in [0.1, 0.15) is 11.4 Å². The highest BCUT2D eigenvalue weighted by Crippen LogP contribution is 2.40. The van der Waals surface area contributed by atoms with Crippen LogP contribution in [0.1, 0.15) is 55.6 Å². The van der Waals surface area contributed by atoms with Gasteiger partial charge in [-0.2, -0.15) is 0 Å². The first kappa shape index (κ1) is 20.9. The molecule has 1 aromatic rings. The lowest BCUT2D eigenvalue weighted by Gasteiger charge is -2.45. The molecule has 3 fully saturated rings. The number of amides is 1. The van der Waals surface area contributed by atoms with E-state index < -0.39 is 6.09 Å². The summed E-state index contributed by atoms with van der Waals surface area (Å²) in [5, 5.41) is 18.9. The summed E-state index contributed by atoms with van der Waals surface area (Å²) in [6.07, 6.45) is 6.13. The van der Waals surface area contributed by atoms with E-state index in [1.807, 2.05) is 6.07 Å². The van der Waals surface area contributed by atoms with Gasteiger partial charge in [-0.25, -0.2) is 9.18 Å². The first-order valence-electron chi connectivity index (χ1n) is 11.5. The number of likely N-dealkylation sites (tertiary alicyclic amines) is 2. The van der Waals surface area contributed by atoms with E-state index in [0.717, 1.165) is 56.3 Å². The molecule has 3 aliphatic heterocycles. The number of carbonyl (C=O) groups is 1. The van der Waals surface area contributed by atoms with Crippen LogP contribution in [0.25, 0.3) is 5.57 Å². The maximum atomic E-state index is 14.1. The average Bonchev–Trinajstić information content (AvgIpc) is 3.19. The fourth-order valence-corrected chi connectivity index (χ4v) is 5.86. The Hall–Kier alpha value is -1.96. The lowest BCUT2D eigenvalue weighted by Crippen LogP contribution is -2.63. The number of carboxylic acid groups (broad SMARTS) is 1. The second-order valence-electron chi connectivity index (χ2n) is 9.69. The summed E-state index contributed by atoms with van der Waals surface area (Å²) in [7, 11) is 0. The van der Waals surface area contributed by atoms with Gasteiger partial charge in [-0.3, -0.25) is 4.90 Å². The van der Waals surface area contributed by atoms with E-state index in [-0.39, 0.29) is 17.5 Å². The third-order valence-corrected chi connectivity index (χ3v) is 7.65. The fourth-order valence-electron chi connectivity index (χ4n) is 5.86. The van der Waals surface area contributed by atoms with Gasteiger partial charge in [0.2, 0.25) is 0 Å². The molecule has 0 bridgehead atoms. The van der Waals surface area contributed by atoms with Crippen molar-refractivity contribution in [2.75, 3.05) is 32.8 Å². The molecule has 3 saturated heterocycles. The fraction of sp³-hybridized carbons (Fsp3) is 0.625. The Balaban J connectivity index is 1.23. The van der Waals surface area contributed by atoms with Gasteiger partial charge >= 0.3 is 6.09 Å². The van der Waals surface area contributed by atoms with Crippen molar-refractivity contribution in [2.24, 2.45) is 0 Å². The number of hydrogen-bond donors (Lipinski definition) is 2. The third-order valence-electron chi connectivity index (χ3n) is 7.65. The normalized spacial score (nSPS) is 29.1. The Morgan fingerprint density at radius 1 is 1.19 bits per heavy atom. The summed E-state index contributed by atoms with van der Waals surface area (Å²) in [5.41, 5.74) is 3.21. The van der Waals surface area contributed by atoms with E-state index in [1.54, 1.807) is 12.1 Å². The second kappa shape index (κ2) is 8.19. The maximum Gasteiger partial charge on any atom is 0.407 e. The van der Waals surface area contributed by atoms with Crippen molar-refractivity contribution in [2.45, 2.75) is 62.2 Å². The number of halogens is 1. The minimum absolute atomic E-state index is 0.184. The van der Waals surface area contributed by atoms with Crippen LogP contribution in [0.5, 0.6) is 0 Å². The summed E-state index contributed by atoms with van der Waals surface area (Å²) in [6.45, 7) is 3.52. The summed E-state index contributed by atoms with van der Waals surface area (Å²) in [6, 6.07) is 5.52. The molecule has 7 heteroatoms. The van der Waals surface area contributed by atoms with E-state index in [0.29, 0.717) is 38.1 Å². The molecule has 168 valence electrons. The Morgan fingerprint density at radius 3 is 2.65 bits per heavy atom. The van der Waals surface area contributed by atoms with Gasteiger partial charge in [0.15, 0.2) is 0 Å².